The van der Waals surface area contributed by atoms with Gasteiger partial charge in [-0.25, -0.2) is 13.2 Å². The van der Waals surface area contributed by atoms with E-state index in [1.807, 2.05) is 6.92 Å². The molecule has 7 nitrogen and oxygen atoms in total. The first-order valence-electron chi connectivity index (χ1n) is 6.20. The van der Waals surface area contributed by atoms with Crippen molar-refractivity contribution >= 4 is 21.7 Å². The molecular formula is C13H15N3O4S. The Morgan fingerprint density at radius 3 is 2.76 bits per heavy atom. The second-order valence-electron chi connectivity index (χ2n) is 4.26. The van der Waals surface area contributed by atoms with Crippen LogP contribution in [0.4, 0.5) is 5.69 Å². The zero-order valence-electron chi connectivity index (χ0n) is 11.6. The number of rotatable bonds is 5. The monoisotopic (exact) mass is 309 g/mol. The first kappa shape index (κ1) is 15.0. The van der Waals surface area contributed by atoms with Gasteiger partial charge in [0.05, 0.1) is 24.6 Å². The second kappa shape index (κ2) is 5.96. The zero-order valence-corrected chi connectivity index (χ0v) is 12.4. The lowest BCUT2D eigenvalue weighted by molar-refractivity contribution is 0.0602. The second-order valence-corrected chi connectivity index (χ2v) is 5.95. The van der Waals surface area contributed by atoms with Crippen molar-refractivity contribution in [1.82, 2.24) is 10.2 Å². The Labute approximate surface area is 122 Å². The van der Waals surface area contributed by atoms with Gasteiger partial charge in [0.1, 0.15) is 4.90 Å². The van der Waals surface area contributed by atoms with E-state index in [2.05, 4.69) is 19.7 Å². The smallest absolute Gasteiger partial charge is 0.340 e. The molecule has 0 bridgehead atoms. The average molecular weight is 309 g/mol. The molecule has 2 rings (SSSR count). The number of nitrogens with one attached hydrogen (secondary N) is 2. The highest BCUT2D eigenvalue weighted by Crippen LogP contribution is 2.22. The Balaban J connectivity index is 2.42. The maximum absolute atomic E-state index is 12.2. The van der Waals surface area contributed by atoms with Crippen molar-refractivity contribution in [3.8, 4) is 0 Å². The Morgan fingerprint density at radius 1 is 1.43 bits per heavy atom. The number of benzene rings is 1. The van der Waals surface area contributed by atoms with E-state index in [1.165, 1.54) is 19.5 Å². The van der Waals surface area contributed by atoms with E-state index < -0.39 is 16.0 Å². The Kier molecular flexibility index (Phi) is 4.27. The van der Waals surface area contributed by atoms with Crippen molar-refractivity contribution in [2.75, 3.05) is 11.8 Å². The molecule has 2 aromatic rings. The Bertz CT molecular complexity index is 739. The van der Waals surface area contributed by atoms with Crippen LogP contribution in [-0.2, 0) is 21.2 Å². The minimum absolute atomic E-state index is 0.0158. The lowest BCUT2D eigenvalue weighted by Crippen LogP contribution is -2.16. The van der Waals surface area contributed by atoms with Crippen LogP contribution in [0.1, 0.15) is 22.8 Å². The predicted octanol–water partition coefficient (Wildman–Crippen LogP) is 1.56. The van der Waals surface area contributed by atoms with Crippen molar-refractivity contribution in [1.29, 1.82) is 0 Å². The summed E-state index contributed by atoms with van der Waals surface area (Å²) in [5.74, 6) is -0.602. The number of hydrogen-bond acceptors (Lipinski definition) is 5. The molecule has 0 aliphatic rings. The lowest BCUT2D eigenvalue weighted by atomic mass is 10.1. The molecule has 0 unspecified atom stereocenters. The molecule has 1 heterocycles. The molecule has 0 fully saturated rings. The van der Waals surface area contributed by atoms with Crippen molar-refractivity contribution in [2.24, 2.45) is 0 Å². The molecule has 1 aromatic carbocycles. The zero-order chi connectivity index (χ0) is 15.5. The van der Waals surface area contributed by atoms with Gasteiger partial charge in [-0.3, -0.25) is 9.82 Å². The van der Waals surface area contributed by atoms with Crippen LogP contribution in [-0.4, -0.2) is 31.7 Å². The molecule has 1 aromatic heterocycles. The number of sulfonamides is 1. The number of aryl methyl sites for hydroxylation is 1. The van der Waals surface area contributed by atoms with Gasteiger partial charge in [-0.1, -0.05) is 13.0 Å². The minimum atomic E-state index is -3.81. The molecule has 0 saturated carbocycles. The molecule has 0 amide bonds. The fourth-order valence-corrected chi connectivity index (χ4v) is 2.75. The SMILES string of the molecule is CCc1ccc(NS(=O)(=O)c2cn[nH]c2)c(C(=O)OC)c1. The number of aromatic amines is 1. The molecular weight excluding hydrogens is 294 g/mol. The molecule has 21 heavy (non-hydrogen) atoms. The molecule has 2 N–H and O–H groups in total. The van der Waals surface area contributed by atoms with E-state index >= 15 is 0 Å². The maximum atomic E-state index is 12.2. The number of H-pyrrole nitrogens is 1. The van der Waals surface area contributed by atoms with Crippen molar-refractivity contribution in [2.45, 2.75) is 18.2 Å². The molecule has 0 atom stereocenters. The normalized spacial score (nSPS) is 11.1. The maximum Gasteiger partial charge on any atom is 0.340 e. The number of ether oxygens (including phenoxy) is 1. The highest BCUT2D eigenvalue weighted by molar-refractivity contribution is 7.92. The summed E-state index contributed by atoms with van der Waals surface area (Å²) in [5.41, 5.74) is 1.24. The van der Waals surface area contributed by atoms with Gasteiger partial charge in [0.25, 0.3) is 10.0 Å². The van der Waals surface area contributed by atoms with Crippen LogP contribution in [0.25, 0.3) is 0 Å². The quantitative estimate of drug-likeness (QED) is 0.816. The minimum Gasteiger partial charge on any atom is -0.465 e. The van der Waals surface area contributed by atoms with Gasteiger partial charge >= 0.3 is 5.97 Å². The van der Waals surface area contributed by atoms with Gasteiger partial charge < -0.3 is 4.74 Å². The number of esters is 1. The van der Waals surface area contributed by atoms with E-state index in [1.54, 1.807) is 18.2 Å². The number of anilines is 1. The first-order valence-corrected chi connectivity index (χ1v) is 7.69. The topological polar surface area (TPSA) is 101 Å². The number of carbonyl (C=O) groups is 1. The van der Waals surface area contributed by atoms with Crippen molar-refractivity contribution in [3.63, 3.8) is 0 Å². The number of aromatic nitrogens is 2. The van der Waals surface area contributed by atoms with Crippen LogP contribution in [0, 0.1) is 0 Å². The summed E-state index contributed by atoms with van der Waals surface area (Å²) in [6, 6.07) is 4.90. The molecule has 0 saturated heterocycles. The number of methoxy groups -OCH3 is 1. The lowest BCUT2D eigenvalue weighted by Gasteiger charge is -2.11. The summed E-state index contributed by atoms with van der Waals surface area (Å²) in [4.78, 5) is 11.8. The molecule has 0 aliphatic heterocycles. The van der Waals surface area contributed by atoms with Crippen molar-refractivity contribution in [3.05, 3.63) is 41.7 Å². The molecule has 112 valence electrons. The third kappa shape index (κ3) is 3.22. The summed E-state index contributed by atoms with van der Waals surface area (Å²) in [6.45, 7) is 1.94. The van der Waals surface area contributed by atoms with Gasteiger partial charge in [0.2, 0.25) is 0 Å². The number of hydrogen-bond donors (Lipinski definition) is 2. The van der Waals surface area contributed by atoms with Crippen LogP contribution in [0.2, 0.25) is 0 Å². The third-order valence-electron chi connectivity index (χ3n) is 2.93. The highest BCUT2D eigenvalue weighted by atomic mass is 32.2. The fraction of sp³-hybridized carbons (Fsp3) is 0.231. The van der Waals surface area contributed by atoms with Crippen LogP contribution in [0.5, 0.6) is 0 Å². The molecule has 0 radical (unpaired) electrons. The van der Waals surface area contributed by atoms with Crippen molar-refractivity contribution < 1.29 is 17.9 Å². The van der Waals surface area contributed by atoms with Gasteiger partial charge in [-0.2, -0.15) is 5.10 Å². The van der Waals surface area contributed by atoms with Gasteiger partial charge in [-0.05, 0) is 24.1 Å². The van der Waals surface area contributed by atoms with Gasteiger partial charge in [-0.15, -0.1) is 0 Å². The average Bonchev–Trinajstić information content (AvgIpc) is 3.01. The third-order valence-corrected chi connectivity index (χ3v) is 4.26. The Hall–Kier alpha value is -2.35. The standard InChI is InChI=1S/C13H15N3O4S/c1-3-9-4-5-12(11(6-9)13(17)20-2)16-21(18,19)10-7-14-15-8-10/h4-8,16H,3H2,1-2H3,(H,14,15). The largest absolute Gasteiger partial charge is 0.465 e. The summed E-state index contributed by atoms with van der Waals surface area (Å²) >= 11 is 0. The predicted molar refractivity (Wildman–Crippen MR) is 76.6 cm³/mol. The van der Waals surface area contributed by atoms with E-state index in [9.17, 15) is 13.2 Å². The summed E-state index contributed by atoms with van der Waals surface area (Å²) in [7, 11) is -2.56. The van der Waals surface area contributed by atoms with Gasteiger partial charge in [0.15, 0.2) is 0 Å². The van der Waals surface area contributed by atoms with Gasteiger partial charge in [0, 0.05) is 6.20 Å². The summed E-state index contributed by atoms with van der Waals surface area (Å²) in [6.07, 6.45) is 3.15. The van der Waals surface area contributed by atoms with Crippen LogP contribution in [0.15, 0.2) is 35.5 Å². The highest BCUT2D eigenvalue weighted by Gasteiger charge is 2.20. The van der Waals surface area contributed by atoms with E-state index in [0.717, 1.165) is 12.0 Å². The first-order chi connectivity index (χ1) is 9.97. The van der Waals surface area contributed by atoms with E-state index in [4.69, 9.17) is 0 Å². The Morgan fingerprint density at radius 2 is 2.19 bits per heavy atom. The number of carbonyl (C=O) groups excluding carboxylic acids is 1. The molecule has 0 aliphatic carbocycles. The summed E-state index contributed by atoms with van der Waals surface area (Å²) in [5, 5.41) is 6.02. The van der Waals surface area contributed by atoms with Crippen LogP contribution in [0.3, 0.4) is 0 Å². The molecule has 0 spiro atoms. The van der Waals surface area contributed by atoms with Crippen LogP contribution < -0.4 is 4.72 Å². The number of nitrogens with zero attached hydrogens (tertiary/aromatic N) is 1. The van der Waals surface area contributed by atoms with Crippen LogP contribution >= 0.6 is 0 Å². The molecule has 8 heteroatoms. The van der Waals surface area contributed by atoms with E-state index in [-0.39, 0.29) is 16.1 Å². The summed E-state index contributed by atoms with van der Waals surface area (Å²) < 4.78 is 31.4. The fourth-order valence-electron chi connectivity index (χ4n) is 1.77. The van der Waals surface area contributed by atoms with E-state index in [0.29, 0.717) is 0 Å².